The molecule has 0 saturated carbocycles. The molecule has 0 unspecified atom stereocenters. The van der Waals surface area contributed by atoms with E-state index >= 15 is 0 Å². The first-order chi connectivity index (χ1) is 10.1. The van der Waals surface area contributed by atoms with Crippen molar-refractivity contribution >= 4 is 0 Å². The normalized spacial score (nSPS) is 31.7. The van der Waals surface area contributed by atoms with Gasteiger partial charge in [0.05, 0.1) is 0 Å². The van der Waals surface area contributed by atoms with Crippen LogP contribution in [0.1, 0.15) is 44.2 Å². The fraction of sp³-hybridized carbons (Fsp3) is 0.579. The quantitative estimate of drug-likeness (QED) is 0.670. The number of hydrogen-bond donors (Lipinski definition) is 1. The van der Waals surface area contributed by atoms with Gasteiger partial charge in [0.1, 0.15) is 5.75 Å². The SMILES string of the molecule is C=CCCCN1CC[C@]2(C)c3cc(O)ccc3C[C@@H]1[C@@H]2C. The topological polar surface area (TPSA) is 23.5 Å². The van der Waals surface area contributed by atoms with E-state index in [1.807, 2.05) is 18.2 Å². The molecular formula is C19H27NO. The summed E-state index contributed by atoms with van der Waals surface area (Å²) in [5, 5.41) is 9.86. The molecule has 3 atom stereocenters. The Kier molecular flexibility index (Phi) is 3.83. The highest BCUT2D eigenvalue weighted by Crippen LogP contribution is 2.49. The van der Waals surface area contributed by atoms with E-state index in [1.54, 1.807) is 0 Å². The van der Waals surface area contributed by atoms with E-state index in [4.69, 9.17) is 0 Å². The third-order valence-electron chi connectivity index (χ3n) is 5.96. The summed E-state index contributed by atoms with van der Waals surface area (Å²) >= 11 is 0. The fourth-order valence-corrected chi connectivity index (χ4v) is 4.41. The Morgan fingerprint density at radius 1 is 1.48 bits per heavy atom. The summed E-state index contributed by atoms with van der Waals surface area (Å²) < 4.78 is 0. The first kappa shape index (κ1) is 14.6. The average Bonchev–Trinajstić information content (AvgIpc) is 2.46. The van der Waals surface area contributed by atoms with Crippen LogP contribution in [-0.2, 0) is 11.8 Å². The Hall–Kier alpha value is -1.28. The summed E-state index contributed by atoms with van der Waals surface area (Å²) in [5.74, 6) is 1.05. The van der Waals surface area contributed by atoms with E-state index < -0.39 is 0 Å². The number of fused-ring (bicyclic) bond motifs is 4. The van der Waals surface area contributed by atoms with Gasteiger partial charge in [-0.05, 0) is 73.4 Å². The van der Waals surface area contributed by atoms with Gasteiger partial charge in [0.2, 0.25) is 0 Å². The maximum atomic E-state index is 9.86. The molecule has 1 heterocycles. The van der Waals surface area contributed by atoms with E-state index in [0.717, 1.165) is 12.8 Å². The van der Waals surface area contributed by atoms with Crippen molar-refractivity contribution in [3.8, 4) is 5.75 Å². The third kappa shape index (κ3) is 2.40. The number of phenolic OH excluding ortho intramolecular Hbond substituents is 1. The van der Waals surface area contributed by atoms with E-state index in [9.17, 15) is 5.11 Å². The standard InChI is InChI=1S/C19H27NO/c1-4-5-6-10-20-11-9-19(3)14(2)18(20)12-15-7-8-16(21)13-17(15)19/h4,7-8,13-14,18,21H,1,5-6,9-12H2,2-3H3/t14-,18+,19-/m0/s1. The van der Waals surface area contributed by atoms with Crippen molar-refractivity contribution in [1.29, 1.82) is 0 Å². The van der Waals surface area contributed by atoms with Gasteiger partial charge < -0.3 is 5.11 Å². The highest BCUT2D eigenvalue weighted by atomic mass is 16.3. The second kappa shape index (κ2) is 5.49. The van der Waals surface area contributed by atoms with Gasteiger partial charge in [-0.1, -0.05) is 26.0 Å². The van der Waals surface area contributed by atoms with E-state index in [-0.39, 0.29) is 5.41 Å². The van der Waals surface area contributed by atoms with Crippen LogP contribution in [0.15, 0.2) is 30.9 Å². The highest BCUT2D eigenvalue weighted by Gasteiger charge is 2.48. The van der Waals surface area contributed by atoms with Crippen molar-refractivity contribution in [2.75, 3.05) is 13.1 Å². The summed E-state index contributed by atoms with van der Waals surface area (Å²) in [5.41, 5.74) is 3.04. The largest absolute Gasteiger partial charge is 0.508 e. The lowest BCUT2D eigenvalue weighted by atomic mass is 9.59. The maximum absolute atomic E-state index is 9.86. The molecule has 1 fully saturated rings. The molecule has 114 valence electrons. The molecule has 1 N–H and O–H groups in total. The number of benzene rings is 1. The predicted molar refractivity (Wildman–Crippen MR) is 87.7 cm³/mol. The zero-order chi connectivity index (χ0) is 15.0. The molecule has 1 aromatic rings. The van der Waals surface area contributed by atoms with Gasteiger partial charge in [-0.3, -0.25) is 4.90 Å². The Balaban J connectivity index is 1.88. The van der Waals surface area contributed by atoms with Crippen LogP contribution in [-0.4, -0.2) is 29.1 Å². The van der Waals surface area contributed by atoms with Gasteiger partial charge in [0.25, 0.3) is 0 Å². The molecule has 1 saturated heterocycles. The summed E-state index contributed by atoms with van der Waals surface area (Å²) in [7, 11) is 0. The van der Waals surface area contributed by atoms with Crippen LogP contribution in [0.4, 0.5) is 0 Å². The Morgan fingerprint density at radius 2 is 2.29 bits per heavy atom. The summed E-state index contributed by atoms with van der Waals surface area (Å²) in [6, 6.07) is 6.63. The lowest BCUT2D eigenvalue weighted by molar-refractivity contribution is 0.0309. The molecule has 2 heteroatoms. The van der Waals surface area contributed by atoms with E-state index in [2.05, 4.69) is 31.4 Å². The Morgan fingerprint density at radius 3 is 3.05 bits per heavy atom. The molecule has 2 nitrogen and oxygen atoms in total. The molecule has 2 aliphatic rings. The van der Waals surface area contributed by atoms with Gasteiger partial charge in [-0.15, -0.1) is 6.58 Å². The highest BCUT2D eigenvalue weighted by molar-refractivity contribution is 5.44. The van der Waals surface area contributed by atoms with E-state index in [0.29, 0.717) is 17.7 Å². The first-order valence-electron chi connectivity index (χ1n) is 8.23. The number of hydrogen-bond acceptors (Lipinski definition) is 2. The molecular weight excluding hydrogens is 258 g/mol. The van der Waals surface area contributed by atoms with Crippen molar-refractivity contribution in [3.05, 3.63) is 42.0 Å². The third-order valence-corrected chi connectivity index (χ3v) is 5.96. The first-order valence-corrected chi connectivity index (χ1v) is 8.23. The number of allylic oxidation sites excluding steroid dienone is 1. The lowest BCUT2D eigenvalue weighted by Crippen LogP contribution is -2.58. The molecule has 1 aliphatic carbocycles. The Bertz CT molecular complexity index is 538. The Labute approximate surface area is 128 Å². The minimum absolute atomic E-state index is 0.214. The van der Waals surface area contributed by atoms with Crippen LogP contribution in [0.3, 0.4) is 0 Å². The van der Waals surface area contributed by atoms with Crippen LogP contribution in [0.25, 0.3) is 0 Å². The van der Waals surface area contributed by atoms with Crippen LogP contribution < -0.4 is 0 Å². The number of piperidine rings is 1. The van der Waals surface area contributed by atoms with Crippen LogP contribution in [0.5, 0.6) is 5.75 Å². The molecule has 1 aromatic carbocycles. The number of likely N-dealkylation sites (tertiary alicyclic amines) is 1. The molecule has 0 aromatic heterocycles. The summed E-state index contributed by atoms with van der Waals surface area (Å²) in [6.45, 7) is 11.0. The van der Waals surface area contributed by atoms with Gasteiger partial charge in [0, 0.05) is 6.04 Å². The van der Waals surface area contributed by atoms with Crippen molar-refractivity contribution < 1.29 is 5.11 Å². The molecule has 21 heavy (non-hydrogen) atoms. The molecule has 3 rings (SSSR count). The second-order valence-corrected chi connectivity index (χ2v) is 7.04. The summed E-state index contributed by atoms with van der Waals surface area (Å²) in [6.07, 6.45) is 6.66. The molecule has 0 amide bonds. The van der Waals surface area contributed by atoms with Crippen molar-refractivity contribution in [2.24, 2.45) is 5.92 Å². The fourth-order valence-electron chi connectivity index (χ4n) is 4.41. The van der Waals surface area contributed by atoms with Gasteiger partial charge in [-0.25, -0.2) is 0 Å². The zero-order valence-electron chi connectivity index (χ0n) is 13.3. The van der Waals surface area contributed by atoms with Crippen molar-refractivity contribution in [3.63, 3.8) is 0 Å². The molecule has 2 bridgehead atoms. The number of rotatable bonds is 4. The van der Waals surface area contributed by atoms with Gasteiger partial charge >= 0.3 is 0 Å². The van der Waals surface area contributed by atoms with Crippen LogP contribution >= 0.6 is 0 Å². The average molecular weight is 285 g/mol. The van der Waals surface area contributed by atoms with Crippen molar-refractivity contribution in [2.45, 2.75) is 51.0 Å². The van der Waals surface area contributed by atoms with Crippen LogP contribution in [0.2, 0.25) is 0 Å². The zero-order valence-corrected chi connectivity index (χ0v) is 13.3. The minimum atomic E-state index is 0.214. The lowest BCUT2D eigenvalue weighted by Gasteiger charge is -2.54. The van der Waals surface area contributed by atoms with Crippen molar-refractivity contribution in [1.82, 2.24) is 4.90 Å². The van der Waals surface area contributed by atoms with Crippen LogP contribution in [0, 0.1) is 5.92 Å². The minimum Gasteiger partial charge on any atom is -0.508 e. The predicted octanol–water partition coefficient (Wildman–Crippen LogP) is 3.88. The molecule has 0 radical (unpaired) electrons. The second-order valence-electron chi connectivity index (χ2n) is 7.04. The number of phenols is 1. The van der Waals surface area contributed by atoms with Gasteiger partial charge in [0.15, 0.2) is 0 Å². The maximum Gasteiger partial charge on any atom is 0.115 e. The number of aromatic hydroxyl groups is 1. The number of nitrogens with zero attached hydrogens (tertiary/aromatic N) is 1. The smallest absolute Gasteiger partial charge is 0.115 e. The van der Waals surface area contributed by atoms with E-state index in [1.165, 1.54) is 37.1 Å². The van der Waals surface area contributed by atoms with Gasteiger partial charge in [-0.2, -0.15) is 0 Å². The summed E-state index contributed by atoms with van der Waals surface area (Å²) in [4.78, 5) is 2.69. The molecule has 1 aliphatic heterocycles. The number of unbranched alkanes of at least 4 members (excludes halogenated alkanes) is 1. The monoisotopic (exact) mass is 285 g/mol. The molecule has 0 spiro atoms.